The lowest BCUT2D eigenvalue weighted by atomic mass is 10.1. The molecule has 7 heteroatoms. The molecule has 0 bridgehead atoms. The largest absolute Gasteiger partial charge is 0.398 e. The predicted octanol–water partition coefficient (Wildman–Crippen LogP) is 2.68. The Morgan fingerprint density at radius 3 is 2.67 bits per heavy atom. The smallest absolute Gasteiger partial charge is 0.260 e. The predicted molar refractivity (Wildman–Crippen MR) is 74.8 cm³/mol. The Bertz CT molecular complexity index is 811. The molecule has 106 valence electrons. The number of hydrogen-bond acceptors (Lipinski definition) is 3. The molecule has 0 fully saturated rings. The van der Waals surface area contributed by atoms with Gasteiger partial charge in [-0.25, -0.2) is 13.8 Å². The molecular formula is C14H10F2N4O. The summed E-state index contributed by atoms with van der Waals surface area (Å²) >= 11 is 0. The van der Waals surface area contributed by atoms with Gasteiger partial charge in [0.1, 0.15) is 0 Å². The summed E-state index contributed by atoms with van der Waals surface area (Å²) in [6.45, 7) is 0. The van der Waals surface area contributed by atoms with Crippen molar-refractivity contribution in [3.05, 3.63) is 53.6 Å². The number of nitrogen functional groups attached to an aromatic ring is 1. The van der Waals surface area contributed by atoms with E-state index in [0.717, 1.165) is 17.6 Å². The minimum absolute atomic E-state index is 0.150. The van der Waals surface area contributed by atoms with Gasteiger partial charge in [-0.05, 0) is 18.2 Å². The number of fused-ring (bicyclic) bond motifs is 1. The van der Waals surface area contributed by atoms with Crippen LogP contribution in [-0.2, 0) is 0 Å². The van der Waals surface area contributed by atoms with Crippen LogP contribution in [0.3, 0.4) is 0 Å². The minimum atomic E-state index is -1.14. The maximum atomic E-state index is 13.2. The average molecular weight is 288 g/mol. The van der Waals surface area contributed by atoms with Gasteiger partial charge in [0.25, 0.3) is 5.91 Å². The van der Waals surface area contributed by atoms with Crippen molar-refractivity contribution in [2.75, 3.05) is 11.1 Å². The second-order valence-corrected chi connectivity index (χ2v) is 4.41. The van der Waals surface area contributed by atoms with Crippen LogP contribution in [0.4, 0.5) is 20.4 Å². The molecule has 0 saturated carbocycles. The number of carbonyl (C=O) groups is 1. The molecule has 21 heavy (non-hydrogen) atoms. The zero-order valence-corrected chi connectivity index (χ0v) is 10.7. The molecule has 0 aliphatic rings. The molecule has 2 aromatic carbocycles. The molecule has 3 rings (SSSR count). The zero-order valence-electron chi connectivity index (χ0n) is 10.7. The van der Waals surface area contributed by atoms with Gasteiger partial charge in [-0.15, -0.1) is 0 Å². The van der Waals surface area contributed by atoms with Gasteiger partial charge in [-0.3, -0.25) is 10.1 Å². The molecule has 1 amide bonds. The van der Waals surface area contributed by atoms with Crippen molar-refractivity contribution in [2.24, 2.45) is 0 Å². The van der Waals surface area contributed by atoms with Crippen molar-refractivity contribution in [2.45, 2.75) is 0 Å². The first-order chi connectivity index (χ1) is 10.0. The van der Waals surface area contributed by atoms with E-state index in [2.05, 4.69) is 15.3 Å². The number of hydrogen-bond donors (Lipinski definition) is 3. The minimum Gasteiger partial charge on any atom is -0.398 e. The average Bonchev–Trinajstić information content (AvgIpc) is 2.84. The molecule has 3 aromatic rings. The lowest BCUT2D eigenvalue weighted by Gasteiger charge is -2.06. The molecule has 1 aromatic heterocycles. The van der Waals surface area contributed by atoms with Crippen molar-refractivity contribution >= 4 is 28.6 Å². The van der Waals surface area contributed by atoms with E-state index in [0.29, 0.717) is 5.52 Å². The van der Waals surface area contributed by atoms with Crippen LogP contribution in [0.2, 0.25) is 0 Å². The first-order valence-corrected chi connectivity index (χ1v) is 6.05. The highest BCUT2D eigenvalue weighted by molar-refractivity contribution is 6.07. The number of aromatic nitrogens is 2. The third-order valence-corrected chi connectivity index (χ3v) is 2.96. The summed E-state index contributed by atoms with van der Waals surface area (Å²) in [6, 6.07) is 8.71. The van der Waals surface area contributed by atoms with Crippen LogP contribution in [0.15, 0.2) is 36.4 Å². The van der Waals surface area contributed by atoms with E-state index in [9.17, 15) is 13.6 Å². The van der Waals surface area contributed by atoms with E-state index in [1.807, 2.05) is 12.1 Å². The Kier molecular flexibility index (Phi) is 3.02. The number of imidazole rings is 1. The number of carbonyl (C=O) groups excluding carboxylic acids is 1. The van der Waals surface area contributed by atoms with Gasteiger partial charge in [0.15, 0.2) is 11.6 Å². The van der Waals surface area contributed by atoms with E-state index in [1.54, 1.807) is 12.1 Å². The molecule has 5 nitrogen and oxygen atoms in total. The number of para-hydroxylation sites is 2. The Balaban J connectivity index is 1.91. The van der Waals surface area contributed by atoms with E-state index in [-0.39, 0.29) is 17.2 Å². The second-order valence-electron chi connectivity index (χ2n) is 4.41. The highest BCUT2D eigenvalue weighted by atomic mass is 19.2. The first-order valence-electron chi connectivity index (χ1n) is 6.05. The number of benzene rings is 2. The summed E-state index contributed by atoms with van der Waals surface area (Å²) in [6.07, 6.45) is 0. The van der Waals surface area contributed by atoms with Crippen LogP contribution in [0.25, 0.3) is 11.0 Å². The standard InChI is InChI=1S/C14H10F2N4O/c15-8-5-7(10(17)6-9(8)16)13(21)20-14-18-11-3-1-2-4-12(11)19-14/h1-6H,17H2,(H2,18,19,20,21). The summed E-state index contributed by atoms with van der Waals surface area (Å²) in [5.41, 5.74) is 6.63. The van der Waals surface area contributed by atoms with Crippen LogP contribution in [0, 0.1) is 11.6 Å². The highest BCUT2D eigenvalue weighted by Gasteiger charge is 2.15. The van der Waals surface area contributed by atoms with Crippen LogP contribution in [0.1, 0.15) is 10.4 Å². The molecule has 0 radical (unpaired) electrons. The van der Waals surface area contributed by atoms with E-state index in [4.69, 9.17) is 5.73 Å². The lowest BCUT2D eigenvalue weighted by molar-refractivity contribution is 0.102. The number of nitrogens with zero attached hydrogens (tertiary/aromatic N) is 1. The SMILES string of the molecule is Nc1cc(F)c(F)cc1C(=O)Nc1nc2ccccc2[nH]1. The highest BCUT2D eigenvalue weighted by Crippen LogP contribution is 2.19. The number of halogens is 2. The Morgan fingerprint density at radius 2 is 1.90 bits per heavy atom. The molecule has 4 N–H and O–H groups in total. The van der Waals surface area contributed by atoms with Crippen LogP contribution >= 0.6 is 0 Å². The van der Waals surface area contributed by atoms with E-state index < -0.39 is 17.5 Å². The first kappa shape index (κ1) is 13.0. The fourth-order valence-electron chi connectivity index (χ4n) is 1.95. The molecule has 0 aliphatic carbocycles. The Labute approximate surface area is 117 Å². The normalized spacial score (nSPS) is 10.8. The summed E-state index contributed by atoms with van der Waals surface area (Å²) < 4.78 is 26.2. The maximum absolute atomic E-state index is 13.2. The fourth-order valence-corrected chi connectivity index (χ4v) is 1.95. The third-order valence-electron chi connectivity index (χ3n) is 2.96. The van der Waals surface area contributed by atoms with Gasteiger partial charge in [-0.1, -0.05) is 12.1 Å². The Morgan fingerprint density at radius 1 is 1.19 bits per heavy atom. The number of nitrogens with two attached hydrogens (primary N) is 1. The van der Waals surface area contributed by atoms with Crippen molar-refractivity contribution < 1.29 is 13.6 Å². The van der Waals surface area contributed by atoms with E-state index in [1.165, 1.54) is 0 Å². The van der Waals surface area contributed by atoms with Crippen molar-refractivity contribution in [1.29, 1.82) is 0 Å². The fraction of sp³-hybridized carbons (Fsp3) is 0. The quantitative estimate of drug-likeness (QED) is 0.634. The Hall–Kier alpha value is -2.96. The summed E-state index contributed by atoms with van der Waals surface area (Å²) in [5, 5.41) is 2.46. The van der Waals surface area contributed by atoms with Gasteiger partial charge in [0.05, 0.1) is 16.6 Å². The number of anilines is 2. The molecule has 0 saturated heterocycles. The van der Waals surface area contributed by atoms with Crippen LogP contribution in [0.5, 0.6) is 0 Å². The monoisotopic (exact) mass is 288 g/mol. The van der Waals surface area contributed by atoms with Gasteiger partial charge in [-0.2, -0.15) is 0 Å². The number of nitrogens with one attached hydrogen (secondary N) is 2. The van der Waals surface area contributed by atoms with E-state index >= 15 is 0 Å². The van der Waals surface area contributed by atoms with Gasteiger partial charge < -0.3 is 10.7 Å². The molecule has 0 spiro atoms. The summed E-state index contributed by atoms with van der Waals surface area (Å²) in [4.78, 5) is 19.1. The van der Waals surface area contributed by atoms with Crippen LogP contribution in [-0.4, -0.2) is 15.9 Å². The molecule has 0 unspecified atom stereocenters. The van der Waals surface area contributed by atoms with Crippen molar-refractivity contribution in [3.8, 4) is 0 Å². The molecular weight excluding hydrogens is 278 g/mol. The number of aromatic amines is 1. The van der Waals surface area contributed by atoms with Gasteiger partial charge in [0.2, 0.25) is 5.95 Å². The topological polar surface area (TPSA) is 83.8 Å². The number of rotatable bonds is 2. The molecule has 1 heterocycles. The zero-order chi connectivity index (χ0) is 15.0. The third kappa shape index (κ3) is 2.40. The van der Waals surface area contributed by atoms with Crippen LogP contribution < -0.4 is 11.1 Å². The number of H-pyrrole nitrogens is 1. The summed E-state index contributed by atoms with van der Waals surface area (Å²) in [5.74, 6) is -2.72. The maximum Gasteiger partial charge on any atom is 0.260 e. The number of amides is 1. The van der Waals surface area contributed by atoms with Crippen molar-refractivity contribution in [3.63, 3.8) is 0 Å². The second kappa shape index (κ2) is 4.86. The molecule has 0 atom stereocenters. The summed E-state index contributed by atoms with van der Waals surface area (Å²) in [7, 11) is 0. The van der Waals surface area contributed by atoms with Gasteiger partial charge >= 0.3 is 0 Å². The van der Waals surface area contributed by atoms with Gasteiger partial charge in [0, 0.05) is 11.8 Å². The lowest BCUT2D eigenvalue weighted by Crippen LogP contribution is -2.15. The van der Waals surface area contributed by atoms with Crippen molar-refractivity contribution in [1.82, 2.24) is 9.97 Å². The molecule has 0 aliphatic heterocycles.